The molecule has 0 unspecified atom stereocenters. The molecule has 130 valence electrons. The number of hydrogen-bond donors (Lipinski definition) is 1. The van der Waals surface area contributed by atoms with Gasteiger partial charge in [-0.1, -0.05) is 34.1 Å². The first-order chi connectivity index (χ1) is 12.2. The van der Waals surface area contributed by atoms with Gasteiger partial charge < -0.3 is 14.4 Å². The van der Waals surface area contributed by atoms with Crippen molar-refractivity contribution in [3.05, 3.63) is 52.5 Å². The van der Waals surface area contributed by atoms with Crippen LogP contribution in [0.25, 0.3) is 11.7 Å². The first-order valence-corrected chi connectivity index (χ1v) is 8.75. The summed E-state index contributed by atoms with van der Waals surface area (Å²) in [5, 5.41) is 11.7. The van der Waals surface area contributed by atoms with Crippen LogP contribution < -0.4 is 5.32 Å². The van der Waals surface area contributed by atoms with E-state index in [4.69, 9.17) is 9.05 Å². The van der Waals surface area contributed by atoms with Gasteiger partial charge in [0.15, 0.2) is 5.82 Å². The lowest BCUT2D eigenvalue weighted by Gasteiger charge is -2.19. The summed E-state index contributed by atoms with van der Waals surface area (Å²) < 4.78 is 10.8. The van der Waals surface area contributed by atoms with Crippen molar-refractivity contribution in [1.29, 1.82) is 0 Å². The number of piperidine rings is 1. The van der Waals surface area contributed by atoms with E-state index in [1.807, 2.05) is 6.07 Å². The number of aryl methyl sites for hydroxylation is 2. The Balaban J connectivity index is 1.51. The van der Waals surface area contributed by atoms with Gasteiger partial charge in [-0.3, -0.25) is 0 Å². The van der Waals surface area contributed by atoms with Crippen molar-refractivity contribution in [2.75, 3.05) is 13.1 Å². The van der Waals surface area contributed by atoms with Gasteiger partial charge >= 0.3 is 0 Å². The predicted octanol–water partition coefficient (Wildman–Crippen LogP) is 3.40. The molecule has 1 aliphatic heterocycles. The first-order valence-electron chi connectivity index (χ1n) is 8.75. The first kappa shape index (κ1) is 16.0. The van der Waals surface area contributed by atoms with E-state index < -0.39 is 0 Å². The van der Waals surface area contributed by atoms with Gasteiger partial charge in [0.05, 0.1) is 5.69 Å². The van der Waals surface area contributed by atoms with E-state index in [-0.39, 0.29) is 0 Å². The van der Waals surface area contributed by atoms with Gasteiger partial charge in [0.25, 0.3) is 5.89 Å². The molecule has 0 saturated carbocycles. The number of nitrogens with zero attached hydrogens (tertiary/aromatic N) is 3. The third-order valence-electron chi connectivity index (χ3n) is 4.82. The second kappa shape index (κ2) is 6.80. The van der Waals surface area contributed by atoms with Crippen LogP contribution in [0, 0.1) is 13.8 Å². The number of nitrogens with one attached hydrogen (secondary N) is 1. The van der Waals surface area contributed by atoms with Crippen LogP contribution in [0.3, 0.4) is 0 Å². The maximum atomic E-state index is 5.44. The smallest absolute Gasteiger partial charge is 0.296 e. The van der Waals surface area contributed by atoms with Gasteiger partial charge in [0.2, 0.25) is 5.76 Å². The van der Waals surface area contributed by atoms with E-state index >= 15 is 0 Å². The molecule has 0 radical (unpaired) electrons. The zero-order valence-electron chi connectivity index (χ0n) is 14.6. The third kappa shape index (κ3) is 3.49. The molecule has 0 amide bonds. The summed E-state index contributed by atoms with van der Waals surface area (Å²) in [6.45, 7) is 6.22. The minimum Gasteiger partial charge on any atom is -0.351 e. The van der Waals surface area contributed by atoms with Crippen molar-refractivity contribution >= 4 is 0 Å². The summed E-state index contributed by atoms with van der Waals surface area (Å²) >= 11 is 0. The van der Waals surface area contributed by atoms with Crippen LogP contribution in [-0.2, 0) is 6.42 Å². The SMILES string of the molecule is Cc1ccc(C)c(Cc2noc(-c3cc(C4CCNCC4)no3)n2)c1. The summed E-state index contributed by atoms with van der Waals surface area (Å²) in [6.07, 6.45) is 2.80. The molecular formula is C19H22N4O2. The van der Waals surface area contributed by atoms with Crippen molar-refractivity contribution in [2.24, 2.45) is 0 Å². The van der Waals surface area contributed by atoms with Gasteiger partial charge in [-0.15, -0.1) is 0 Å². The second-order valence-electron chi connectivity index (χ2n) is 6.76. The average Bonchev–Trinajstić information content (AvgIpc) is 3.28. The van der Waals surface area contributed by atoms with Crippen molar-refractivity contribution in [3.63, 3.8) is 0 Å². The Bertz CT molecular complexity index is 862. The number of rotatable bonds is 4. The Hall–Kier alpha value is -2.47. The van der Waals surface area contributed by atoms with Gasteiger partial charge in [-0.25, -0.2) is 0 Å². The largest absolute Gasteiger partial charge is 0.351 e. The van der Waals surface area contributed by atoms with Gasteiger partial charge in [-0.05, 0) is 50.9 Å². The molecule has 0 spiro atoms. The lowest BCUT2D eigenvalue weighted by molar-refractivity contribution is 0.369. The lowest BCUT2D eigenvalue weighted by Crippen LogP contribution is -2.26. The summed E-state index contributed by atoms with van der Waals surface area (Å²) in [6, 6.07) is 8.32. The molecule has 1 aromatic carbocycles. The standard InChI is InChI=1S/C19H22N4O2/c1-12-3-4-13(2)15(9-12)10-18-21-19(25-23-18)17-11-16(22-24-17)14-5-7-20-8-6-14/h3-4,9,11,14,20H,5-8,10H2,1-2H3. The fraction of sp³-hybridized carbons (Fsp3) is 0.421. The Morgan fingerprint density at radius 1 is 1.08 bits per heavy atom. The van der Waals surface area contributed by atoms with Crippen LogP contribution in [0.5, 0.6) is 0 Å². The minimum atomic E-state index is 0.396. The third-order valence-corrected chi connectivity index (χ3v) is 4.82. The molecule has 6 nitrogen and oxygen atoms in total. The molecule has 1 saturated heterocycles. The highest BCUT2D eigenvalue weighted by Crippen LogP contribution is 2.28. The van der Waals surface area contributed by atoms with E-state index in [2.05, 4.69) is 52.7 Å². The van der Waals surface area contributed by atoms with Gasteiger partial charge in [0, 0.05) is 18.4 Å². The zero-order valence-corrected chi connectivity index (χ0v) is 14.6. The zero-order chi connectivity index (χ0) is 17.2. The molecule has 0 aliphatic carbocycles. The molecule has 0 atom stereocenters. The van der Waals surface area contributed by atoms with E-state index in [1.54, 1.807) is 0 Å². The van der Waals surface area contributed by atoms with E-state index in [1.165, 1.54) is 16.7 Å². The number of benzene rings is 1. The molecule has 1 aliphatic rings. The van der Waals surface area contributed by atoms with Crippen LogP contribution in [0.2, 0.25) is 0 Å². The van der Waals surface area contributed by atoms with Crippen LogP contribution >= 0.6 is 0 Å². The van der Waals surface area contributed by atoms with Crippen LogP contribution in [0.15, 0.2) is 33.3 Å². The molecule has 4 rings (SSSR count). The molecule has 1 fully saturated rings. The van der Waals surface area contributed by atoms with Crippen LogP contribution in [0.4, 0.5) is 0 Å². The molecule has 0 bridgehead atoms. The molecule has 3 heterocycles. The van der Waals surface area contributed by atoms with E-state index in [0.29, 0.717) is 29.8 Å². The molecule has 1 N–H and O–H groups in total. The fourth-order valence-electron chi connectivity index (χ4n) is 3.29. The molecule has 25 heavy (non-hydrogen) atoms. The maximum absolute atomic E-state index is 5.44. The van der Waals surface area contributed by atoms with Crippen LogP contribution in [-0.4, -0.2) is 28.4 Å². The minimum absolute atomic E-state index is 0.396. The summed E-state index contributed by atoms with van der Waals surface area (Å²) in [4.78, 5) is 4.48. The monoisotopic (exact) mass is 338 g/mol. The van der Waals surface area contributed by atoms with Crippen molar-refractivity contribution < 1.29 is 9.05 Å². The van der Waals surface area contributed by atoms with E-state index in [0.717, 1.165) is 31.6 Å². The van der Waals surface area contributed by atoms with Crippen molar-refractivity contribution in [3.8, 4) is 11.7 Å². The second-order valence-corrected chi connectivity index (χ2v) is 6.76. The fourth-order valence-corrected chi connectivity index (χ4v) is 3.29. The quantitative estimate of drug-likeness (QED) is 0.785. The average molecular weight is 338 g/mol. The van der Waals surface area contributed by atoms with Gasteiger partial charge in [-0.2, -0.15) is 4.98 Å². The van der Waals surface area contributed by atoms with Crippen molar-refractivity contribution in [1.82, 2.24) is 20.6 Å². The lowest BCUT2D eigenvalue weighted by atomic mass is 9.95. The summed E-state index contributed by atoms with van der Waals surface area (Å²) in [5.74, 6) is 2.04. The Morgan fingerprint density at radius 2 is 1.92 bits per heavy atom. The number of aromatic nitrogens is 3. The molecule has 3 aromatic rings. The van der Waals surface area contributed by atoms with Gasteiger partial charge in [0.1, 0.15) is 0 Å². The molecule has 6 heteroatoms. The number of hydrogen-bond acceptors (Lipinski definition) is 6. The summed E-state index contributed by atoms with van der Waals surface area (Å²) in [7, 11) is 0. The highest BCUT2D eigenvalue weighted by Gasteiger charge is 2.22. The van der Waals surface area contributed by atoms with E-state index in [9.17, 15) is 0 Å². The molecular weight excluding hydrogens is 316 g/mol. The Labute approximate surface area is 146 Å². The van der Waals surface area contributed by atoms with Crippen LogP contribution in [0.1, 0.15) is 47.0 Å². The normalized spacial score (nSPS) is 15.6. The molecule has 2 aromatic heterocycles. The summed E-state index contributed by atoms with van der Waals surface area (Å²) in [5.41, 5.74) is 4.64. The predicted molar refractivity (Wildman–Crippen MR) is 93.4 cm³/mol. The Kier molecular flexibility index (Phi) is 4.36. The maximum Gasteiger partial charge on any atom is 0.296 e. The highest BCUT2D eigenvalue weighted by molar-refractivity contribution is 5.44. The van der Waals surface area contributed by atoms with Crippen molar-refractivity contribution in [2.45, 2.75) is 39.0 Å². The highest BCUT2D eigenvalue weighted by atomic mass is 16.5. The Morgan fingerprint density at radius 3 is 2.76 bits per heavy atom. The topological polar surface area (TPSA) is 77.0 Å².